The molecule has 1 atom stereocenters. The van der Waals surface area contributed by atoms with E-state index in [1.165, 1.54) is 28.3 Å². The van der Waals surface area contributed by atoms with Crippen molar-refractivity contribution in [3.05, 3.63) is 58.0 Å². The molecule has 0 aliphatic carbocycles. The third-order valence-electron chi connectivity index (χ3n) is 5.87. The maximum atomic E-state index is 13.2. The molecule has 0 fully saturated rings. The number of benzene rings is 2. The van der Waals surface area contributed by atoms with Crippen LogP contribution < -0.4 is 4.89 Å². The molecule has 8 heteroatoms. The first-order valence-corrected chi connectivity index (χ1v) is 13.6. The van der Waals surface area contributed by atoms with Gasteiger partial charge in [-0.2, -0.15) is 13.2 Å². The minimum absolute atomic E-state index is 0.306. The monoisotopic (exact) mass is 524 g/mol. The van der Waals surface area contributed by atoms with Crippen molar-refractivity contribution in [1.82, 2.24) is 0 Å². The van der Waals surface area contributed by atoms with E-state index in [4.69, 9.17) is 9.78 Å². The van der Waals surface area contributed by atoms with Gasteiger partial charge in [-0.1, -0.05) is 26.3 Å². The molecule has 1 heterocycles. The predicted octanol–water partition coefficient (Wildman–Crippen LogP) is 9.24. The summed E-state index contributed by atoms with van der Waals surface area (Å²) in [5.74, 6) is 1.32. The van der Waals surface area contributed by atoms with Gasteiger partial charge in [0, 0.05) is 20.9 Å². The highest BCUT2D eigenvalue weighted by molar-refractivity contribution is 7.99. The van der Waals surface area contributed by atoms with E-state index < -0.39 is 17.7 Å². The van der Waals surface area contributed by atoms with Gasteiger partial charge >= 0.3 is 12.1 Å². The molecule has 3 rings (SSSR count). The fraction of sp³-hybridized carbons (Fsp3) is 0.444. The lowest BCUT2D eigenvalue weighted by Crippen LogP contribution is -2.07. The van der Waals surface area contributed by atoms with Crippen LogP contribution in [0.4, 0.5) is 13.2 Å². The Morgan fingerprint density at radius 3 is 2.49 bits per heavy atom. The Bertz CT molecular complexity index is 1150. The summed E-state index contributed by atoms with van der Waals surface area (Å²) in [6, 6.07) is 9.81. The van der Waals surface area contributed by atoms with Crippen LogP contribution in [0, 0.1) is 13.8 Å². The van der Waals surface area contributed by atoms with Crippen molar-refractivity contribution in [3.63, 3.8) is 0 Å². The second-order valence-corrected chi connectivity index (χ2v) is 10.9. The van der Waals surface area contributed by atoms with Crippen LogP contribution in [0.2, 0.25) is 0 Å². The second-order valence-electron chi connectivity index (χ2n) is 8.64. The lowest BCUT2D eigenvalue weighted by Gasteiger charge is -2.16. The Morgan fingerprint density at radius 1 is 1.06 bits per heavy atom. The first-order chi connectivity index (χ1) is 16.6. The van der Waals surface area contributed by atoms with Crippen LogP contribution in [-0.4, -0.2) is 11.7 Å². The van der Waals surface area contributed by atoms with Crippen LogP contribution >= 0.6 is 23.1 Å². The fourth-order valence-electron chi connectivity index (χ4n) is 4.03. The molecule has 0 aliphatic heterocycles. The highest BCUT2D eigenvalue weighted by atomic mass is 32.2. The Balaban J connectivity index is 1.66. The van der Waals surface area contributed by atoms with E-state index >= 15 is 0 Å². The van der Waals surface area contributed by atoms with Crippen LogP contribution in [0.5, 0.6) is 5.75 Å². The van der Waals surface area contributed by atoms with Gasteiger partial charge in [-0.05, 0) is 91.6 Å². The van der Waals surface area contributed by atoms with Crippen molar-refractivity contribution in [2.45, 2.75) is 76.8 Å². The molecular formula is C27H31F3O3S2. The zero-order valence-corrected chi connectivity index (χ0v) is 22.1. The van der Waals surface area contributed by atoms with E-state index in [1.807, 2.05) is 32.9 Å². The van der Waals surface area contributed by atoms with Crippen molar-refractivity contribution in [3.8, 4) is 5.75 Å². The number of hydrogen-bond acceptors (Lipinski definition) is 5. The zero-order valence-electron chi connectivity index (χ0n) is 20.5. The average molecular weight is 525 g/mol. The number of aryl methyl sites for hydroxylation is 2. The quantitative estimate of drug-likeness (QED) is 0.142. The molecule has 35 heavy (non-hydrogen) atoms. The molecule has 0 spiro atoms. The maximum absolute atomic E-state index is 13.2. The van der Waals surface area contributed by atoms with Gasteiger partial charge in [0.05, 0.1) is 5.56 Å². The largest absolute Gasteiger partial charge is 0.416 e. The van der Waals surface area contributed by atoms with Crippen LogP contribution in [0.15, 0.2) is 41.3 Å². The van der Waals surface area contributed by atoms with Crippen molar-refractivity contribution in [2.24, 2.45) is 0 Å². The number of carbonyl (C=O) groups is 1. The van der Waals surface area contributed by atoms with Crippen LogP contribution in [0.3, 0.4) is 0 Å². The first kappa shape index (κ1) is 27.4. The highest BCUT2D eigenvalue weighted by Gasteiger charge is 2.31. The number of alkyl halides is 3. The number of carbonyl (C=O) groups excluding carboxylic acids is 1. The third-order valence-corrected chi connectivity index (χ3v) is 8.31. The summed E-state index contributed by atoms with van der Waals surface area (Å²) in [5, 5.41) is 0.914. The molecule has 0 N–H and O–H groups in total. The van der Waals surface area contributed by atoms with Gasteiger partial charge in [0.1, 0.15) is 0 Å². The van der Waals surface area contributed by atoms with Gasteiger partial charge in [-0.15, -0.1) is 23.1 Å². The summed E-state index contributed by atoms with van der Waals surface area (Å²) in [5.41, 5.74) is 1.38. The minimum Gasteiger partial charge on any atom is -0.287 e. The van der Waals surface area contributed by atoms with Gasteiger partial charge < -0.3 is 0 Å². The van der Waals surface area contributed by atoms with Crippen LogP contribution in [-0.2, 0) is 15.9 Å². The zero-order chi connectivity index (χ0) is 25.6. The van der Waals surface area contributed by atoms with Gasteiger partial charge in [0.25, 0.3) is 0 Å². The van der Waals surface area contributed by atoms with Crippen molar-refractivity contribution in [1.29, 1.82) is 0 Å². The van der Waals surface area contributed by atoms with Gasteiger partial charge in [0.2, 0.25) is 0 Å². The second kappa shape index (κ2) is 12.2. The predicted molar refractivity (Wildman–Crippen MR) is 137 cm³/mol. The standard InChI is InChI=1S/C27H31F3O3S2/c1-5-7-19(26-18(4)22-11-9-20(27(28,29)30)16-24(22)35-26)13-14-34-21-10-12-23(17(3)15-21)32-33-25(31)8-6-2/h9-12,15-16,19H,5-8,13-14H2,1-4H3. The number of hydrogen-bond donors (Lipinski definition) is 0. The molecule has 0 amide bonds. The molecule has 2 aromatic carbocycles. The molecule has 1 unspecified atom stereocenters. The molecule has 3 aromatic rings. The topological polar surface area (TPSA) is 35.5 Å². The number of fused-ring (bicyclic) bond motifs is 1. The summed E-state index contributed by atoms with van der Waals surface area (Å²) < 4.78 is 40.2. The van der Waals surface area contributed by atoms with Crippen molar-refractivity contribution >= 4 is 39.2 Å². The minimum atomic E-state index is -4.33. The normalized spacial score (nSPS) is 12.7. The van der Waals surface area contributed by atoms with Gasteiger partial charge in [-0.3, -0.25) is 9.78 Å². The van der Waals surface area contributed by atoms with Crippen molar-refractivity contribution < 1.29 is 27.7 Å². The Kier molecular flexibility index (Phi) is 9.53. The number of thiophene rings is 1. The molecule has 0 aliphatic rings. The fourth-order valence-corrected chi connectivity index (χ4v) is 6.51. The molecular weight excluding hydrogens is 493 g/mol. The van der Waals surface area contributed by atoms with E-state index in [0.717, 1.165) is 46.4 Å². The Labute approximate surface area is 212 Å². The number of thioether (sulfide) groups is 1. The van der Waals surface area contributed by atoms with Crippen LogP contribution in [0.1, 0.15) is 73.4 Å². The van der Waals surface area contributed by atoms with E-state index in [1.54, 1.807) is 23.9 Å². The summed E-state index contributed by atoms with van der Waals surface area (Å²) in [4.78, 5) is 23.8. The molecule has 0 saturated heterocycles. The van der Waals surface area contributed by atoms with Gasteiger partial charge in [-0.25, -0.2) is 4.79 Å². The summed E-state index contributed by atoms with van der Waals surface area (Å²) in [6.45, 7) is 7.96. The lowest BCUT2D eigenvalue weighted by atomic mass is 9.95. The number of halogens is 3. The third kappa shape index (κ3) is 7.17. The van der Waals surface area contributed by atoms with E-state index in [2.05, 4.69) is 6.92 Å². The SMILES string of the molecule is CCCC(=O)OOc1ccc(SCCC(CCC)c2sc3cc(C(F)(F)F)ccc3c2C)cc1C. The average Bonchev–Trinajstić information content (AvgIpc) is 3.13. The molecule has 0 bridgehead atoms. The Morgan fingerprint density at radius 2 is 1.83 bits per heavy atom. The smallest absolute Gasteiger partial charge is 0.287 e. The molecule has 3 nitrogen and oxygen atoms in total. The summed E-state index contributed by atoms with van der Waals surface area (Å²) in [7, 11) is 0. The van der Waals surface area contributed by atoms with Crippen LogP contribution in [0.25, 0.3) is 10.1 Å². The van der Waals surface area contributed by atoms with Gasteiger partial charge in [0.15, 0.2) is 5.75 Å². The summed E-state index contributed by atoms with van der Waals surface area (Å²) in [6.07, 6.45) is -0.375. The lowest BCUT2D eigenvalue weighted by molar-refractivity contribution is -0.214. The highest BCUT2D eigenvalue weighted by Crippen LogP contribution is 2.42. The molecule has 190 valence electrons. The molecule has 1 aromatic heterocycles. The van der Waals surface area contributed by atoms with E-state index in [9.17, 15) is 18.0 Å². The maximum Gasteiger partial charge on any atom is 0.416 e. The Hall–Kier alpha value is -2.19. The molecule has 0 radical (unpaired) electrons. The first-order valence-electron chi connectivity index (χ1n) is 11.8. The van der Waals surface area contributed by atoms with E-state index in [0.29, 0.717) is 29.2 Å². The summed E-state index contributed by atoms with van der Waals surface area (Å²) >= 11 is 3.23. The molecule has 0 saturated carbocycles. The number of rotatable bonds is 11. The van der Waals surface area contributed by atoms with Crippen molar-refractivity contribution in [2.75, 3.05) is 5.75 Å². The van der Waals surface area contributed by atoms with E-state index in [-0.39, 0.29) is 0 Å².